The van der Waals surface area contributed by atoms with Crippen molar-refractivity contribution in [3.63, 3.8) is 0 Å². The first kappa shape index (κ1) is 23.3. The normalized spacial score (nSPS) is 15.3. The molecule has 0 bridgehead atoms. The van der Waals surface area contributed by atoms with Gasteiger partial charge >= 0.3 is 0 Å². The Hall–Kier alpha value is -1.39. The predicted molar refractivity (Wildman–Crippen MR) is 124 cm³/mol. The van der Waals surface area contributed by atoms with E-state index in [4.69, 9.17) is 16.0 Å². The first-order valence-electron chi connectivity index (χ1n) is 9.58. The van der Waals surface area contributed by atoms with Gasteiger partial charge in [-0.1, -0.05) is 44.5 Å². The molecule has 3 aromatic rings. The van der Waals surface area contributed by atoms with Crippen LogP contribution in [-0.2, 0) is 14.3 Å². The summed E-state index contributed by atoms with van der Waals surface area (Å²) in [6, 6.07) is 7.38. The van der Waals surface area contributed by atoms with Gasteiger partial charge in [-0.25, -0.2) is 23.4 Å². The Bertz CT molecular complexity index is 1110. The van der Waals surface area contributed by atoms with Gasteiger partial charge < -0.3 is 4.43 Å². The molecule has 0 aliphatic rings. The summed E-state index contributed by atoms with van der Waals surface area (Å²) < 4.78 is 34.5. The van der Waals surface area contributed by atoms with Gasteiger partial charge in [0.05, 0.1) is 20.5 Å². The molecule has 0 N–H and O–H groups in total. The number of sulfone groups is 1. The van der Waals surface area contributed by atoms with Crippen molar-refractivity contribution < 1.29 is 12.8 Å². The molecule has 2 heterocycles. The van der Waals surface area contributed by atoms with E-state index >= 15 is 0 Å². The Morgan fingerprint density at radius 2 is 1.73 bits per heavy atom. The molecule has 10 heteroatoms. The van der Waals surface area contributed by atoms with Crippen LogP contribution in [0.15, 0.2) is 41.0 Å². The van der Waals surface area contributed by atoms with Gasteiger partial charge in [-0.2, -0.15) is 0 Å². The number of benzene rings is 1. The van der Waals surface area contributed by atoms with E-state index < -0.39 is 29.5 Å². The van der Waals surface area contributed by atoms with Crippen molar-refractivity contribution in [3.8, 4) is 0 Å². The fourth-order valence-corrected chi connectivity index (χ4v) is 7.04. The van der Waals surface area contributed by atoms with Gasteiger partial charge in [-0.15, -0.1) is 11.3 Å². The van der Waals surface area contributed by atoms with Crippen LogP contribution in [0.3, 0.4) is 0 Å². The third-order valence-corrected chi connectivity index (χ3v) is 13.8. The Morgan fingerprint density at radius 3 is 2.30 bits per heavy atom. The Morgan fingerprint density at radius 1 is 1.13 bits per heavy atom. The molecule has 0 spiro atoms. The van der Waals surface area contributed by atoms with E-state index in [0.29, 0.717) is 16.4 Å². The number of fused-ring (bicyclic) bond motifs is 1. The zero-order valence-corrected chi connectivity index (χ0v) is 21.3. The van der Waals surface area contributed by atoms with Crippen molar-refractivity contribution >= 4 is 51.3 Å². The lowest BCUT2D eigenvalue weighted by atomic mass is 10.2. The molecule has 6 nitrogen and oxygen atoms in total. The van der Waals surface area contributed by atoms with Crippen LogP contribution < -0.4 is 0 Å². The molecule has 0 aliphatic carbocycles. The van der Waals surface area contributed by atoms with E-state index in [1.165, 1.54) is 23.7 Å². The molecule has 0 radical (unpaired) electrons. The topological polar surface area (TPSA) is 82.0 Å². The molecule has 0 amide bonds. The second kappa shape index (κ2) is 8.27. The van der Waals surface area contributed by atoms with Gasteiger partial charge in [0.2, 0.25) is 14.2 Å². The minimum Gasteiger partial charge on any atom is -0.405 e. The number of rotatable bonds is 6. The Labute approximate surface area is 187 Å². The number of nitrogens with zero attached hydrogens (tertiary/aromatic N) is 3. The van der Waals surface area contributed by atoms with Crippen molar-refractivity contribution in [2.75, 3.05) is 0 Å². The van der Waals surface area contributed by atoms with E-state index in [1.807, 2.05) is 18.2 Å². The molecule has 0 fully saturated rings. The molecule has 162 valence electrons. The van der Waals surface area contributed by atoms with Crippen LogP contribution in [0.25, 0.3) is 10.2 Å². The van der Waals surface area contributed by atoms with Gasteiger partial charge in [-0.05, 0) is 37.2 Å². The number of halogens is 1. The third-order valence-electron chi connectivity index (χ3n) is 5.56. The first-order valence-corrected chi connectivity index (χ1v) is 15.2. The maximum atomic E-state index is 13.5. The zero-order chi connectivity index (χ0) is 22.3. The maximum Gasteiger partial charge on any atom is 0.210 e. The molecule has 3 rings (SSSR count). The number of hydrogen-bond donors (Lipinski definition) is 0. The van der Waals surface area contributed by atoms with Gasteiger partial charge in [0.1, 0.15) is 6.10 Å². The van der Waals surface area contributed by atoms with E-state index in [2.05, 4.69) is 48.8 Å². The summed E-state index contributed by atoms with van der Waals surface area (Å²) in [4.78, 5) is 12.9. The van der Waals surface area contributed by atoms with Crippen LogP contribution in [-0.4, -0.2) is 36.9 Å². The first-order chi connectivity index (χ1) is 13.8. The zero-order valence-electron chi connectivity index (χ0n) is 17.9. The van der Waals surface area contributed by atoms with E-state index in [9.17, 15) is 8.42 Å². The SMILES string of the molecule is CC(C(O[Si](C)(C)C(C)(C)C)c1ncc(Cl)cn1)S(=O)(=O)c1nc2ccccc2s1. The molecule has 0 saturated heterocycles. The summed E-state index contributed by atoms with van der Waals surface area (Å²) in [6.45, 7) is 12.1. The number of para-hydroxylation sites is 1. The largest absolute Gasteiger partial charge is 0.405 e. The lowest BCUT2D eigenvalue weighted by molar-refractivity contribution is 0.172. The van der Waals surface area contributed by atoms with Crippen molar-refractivity contribution in [2.45, 2.75) is 61.5 Å². The van der Waals surface area contributed by atoms with Crippen LogP contribution >= 0.6 is 22.9 Å². The number of thiazole rings is 1. The highest BCUT2D eigenvalue weighted by molar-refractivity contribution is 7.94. The molecule has 1 aromatic carbocycles. The summed E-state index contributed by atoms with van der Waals surface area (Å²) in [5.41, 5.74) is 0.665. The van der Waals surface area contributed by atoms with Crippen molar-refractivity contribution in [1.82, 2.24) is 15.0 Å². The van der Waals surface area contributed by atoms with Crippen LogP contribution in [0.4, 0.5) is 0 Å². The quantitative estimate of drug-likeness (QED) is 0.420. The fraction of sp³-hybridized carbons (Fsp3) is 0.450. The Balaban J connectivity index is 2.06. The van der Waals surface area contributed by atoms with Crippen LogP contribution in [0.2, 0.25) is 23.2 Å². The maximum absolute atomic E-state index is 13.5. The second-order valence-electron chi connectivity index (χ2n) is 8.76. The van der Waals surface area contributed by atoms with Crippen LogP contribution in [0.5, 0.6) is 0 Å². The second-order valence-corrected chi connectivity index (χ2v) is 17.5. The van der Waals surface area contributed by atoms with Crippen molar-refractivity contribution in [2.24, 2.45) is 0 Å². The highest BCUT2D eigenvalue weighted by Crippen LogP contribution is 2.42. The molecule has 2 unspecified atom stereocenters. The molecular weight excluding hydrogens is 458 g/mol. The van der Waals surface area contributed by atoms with E-state index in [0.717, 1.165) is 4.70 Å². The van der Waals surface area contributed by atoms with Crippen LogP contribution in [0, 0.1) is 0 Å². The highest BCUT2D eigenvalue weighted by atomic mass is 35.5. The summed E-state index contributed by atoms with van der Waals surface area (Å²) >= 11 is 7.11. The van der Waals surface area contributed by atoms with Gasteiger partial charge in [0.15, 0.2) is 14.1 Å². The lowest BCUT2D eigenvalue weighted by Crippen LogP contribution is -2.45. The van der Waals surface area contributed by atoms with Crippen molar-refractivity contribution in [1.29, 1.82) is 0 Å². The fourth-order valence-electron chi connectivity index (χ4n) is 2.62. The standard InChI is InChI=1S/C20H26ClN3O3S2Si/c1-13(29(25,26)19-24-15-9-7-8-10-16(15)28-19)17(18-22-11-14(21)12-23-18)27-30(5,6)20(2,3)4/h7-13,17H,1-6H3. The minimum absolute atomic E-state index is 0.0778. The molecule has 0 aliphatic heterocycles. The monoisotopic (exact) mass is 483 g/mol. The number of aromatic nitrogens is 3. The average Bonchev–Trinajstić information content (AvgIpc) is 3.10. The predicted octanol–water partition coefficient (Wildman–Crippen LogP) is 5.67. The van der Waals surface area contributed by atoms with E-state index in [1.54, 1.807) is 13.0 Å². The molecular formula is C20H26ClN3O3S2Si. The molecule has 30 heavy (non-hydrogen) atoms. The smallest absolute Gasteiger partial charge is 0.210 e. The molecule has 0 saturated carbocycles. The van der Waals surface area contributed by atoms with Gasteiger partial charge in [0.25, 0.3) is 0 Å². The summed E-state index contributed by atoms with van der Waals surface area (Å²) in [5, 5.41) is -0.656. The molecule has 2 atom stereocenters. The Kier molecular flexibility index (Phi) is 6.42. The van der Waals surface area contributed by atoms with Gasteiger partial charge in [-0.3, -0.25) is 0 Å². The van der Waals surface area contributed by atoms with Crippen LogP contribution in [0.1, 0.15) is 39.6 Å². The minimum atomic E-state index is -3.78. The summed E-state index contributed by atoms with van der Waals surface area (Å²) in [7, 11) is -6.12. The van der Waals surface area contributed by atoms with Crippen molar-refractivity contribution in [3.05, 3.63) is 47.5 Å². The number of hydrogen-bond acceptors (Lipinski definition) is 7. The average molecular weight is 484 g/mol. The van der Waals surface area contributed by atoms with E-state index in [-0.39, 0.29) is 9.38 Å². The van der Waals surface area contributed by atoms with Gasteiger partial charge in [0, 0.05) is 12.4 Å². The third kappa shape index (κ3) is 4.60. The molecule has 2 aromatic heterocycles. The lowest BCUT2D eigenvalue weighted by Gasteiger charge is -2.40. The highest BCUT2D eigenvalue weighted by Gasteiger charge is 2.44. The summed E-state index contributed by atoms with van der Waals surface area (Å²) in [6.07, 6.45) is 2.09. The summed E-state index contributed by atoms with van der Waals surface area (Å²) in [5.74, 6) is 0.307.